The maximum Gasteiger partial charge on any atom is 0.130 e. The molecular formula is C23H20N4O. The highest BCUT2D eigenvalue weighted by Crippen LogP contribution is 2.34. The van der Waals surface area contributed by atoms with Crippen LogP contribution in [-0.2, 0) is 0 Å². The summed E-state index contributed by atoms with van der Waals surface area (Å²) in [5.74, 6) is 2.63. The zero-order chi connectivity index (χ0) is 18.9. The lowest BCUT2D eigenvalue weighted by molar-refractivity contribution is 0.339. The number of aromatic nitrogens is 2. The largest absolute Gasteiger partial charge is 0.491 e. The van der Waals surface area contributed by atoms with E-state index < -0.39 is 0 Å². The first-order chi connectivity index (χ1) is 13.7. The average molecular weight is 368 g/mol. The predicted molar refractivity (Wildman–Crippen MR) is 112 cm³/mol. The van der Waals surface area contributed by atoms with Crippen molar-refractivity contribution >= 4 is 28.2 Å². The fourth-order valence-electron chi connectivity index (χ4n) is 3.50. The van der Waals surface area contributed by atoms with Crippen LogP contribution in [0.15, 0.2) is 72.8 Å². The van der Waals surface area contributed by atoms with Crippen molar-refractivity contribution < 1.29 is 4.74 Å². The monoisotopic (exact) mass is 368 g/mol. The molecule has 0 bridgehead atoms. The molecule has 0 amide bonds. The maximum absolute atomic E-state index is 5.75. The van der Waals surface area contributed by atoms with Gasteiger partial charge in [0.1, 0.15) is 24.0 Å². The second-order valence-corrected chi connectivity index (χ2v) is 6.94. The Bertz CT molecular complexity index is 1160. The summed E-state index contributed by atoms with van der Waals surface area (Å²) < 4.78 is 5.75. The van der Waals surface area contributed by atoms with Crippen molar-refractivity contribution in [1.82, 2.24) is 9.97 Å². The molecule has 0 fully saturated rings. The Hall–Kier alpha value is -3.60. The molecule has 0 saturated heterocycles. The average Bonchev–Trinajstić information content (AvgIpc) is 3.11. The van der Waals surface area contributed by atoms with Gasteiger partial charge in [0.05, 0.1) is 11.6 Å². The van der Waals surface area contributed by atoms with Gasteiger partial charge in [0.15, 0.2) is 0 Å². The van der Waals surface area contributed by atoms with Crippen molar-refractivity contribution in [2.75, 3.05) is 17.2 Å². The zero-order valence-corrected chi connectivity index (χ0v) is 15.5. The van der Waals surface area contributed by atoms with Crippen molar-refractivity contribution in [3.8, 4) is 5.75 Å². The molecular weight excluding hydrogens is 348 g/mol. The van der Waals surface area contributed by atoms with Gasteiger partial charge in [-0.15, -0.1) is 0 Å². The minimum absolute atomic E-state index is 0.120. The van der Waals surface area contributed by atoms with Gasteiger partial charge in [0.25, 0.3) is 0 Å². The van der Waals surface area contributed by atoms with Gasteiger partial charge >= 0.3 is 0 Å². The number of ether oxygens (including phenoxy) is 1. The van der Waals surface area contributed by atoms with Crippen LogP contribution in [0.3, 0.4) is 0 Å². The summed E-state index contributed by atoms with van der Waals surface area (Å²) in [6.45, 7) is 2.60. The molecule has 138 valence electrons. The molecule has 1 aliphatic heterocycles. The van der Waals surface area contributed by atoms with Crippen molar-refractivity contribution in [3.05, 3.63) is 84.1 Å². The van der Waals surface area contributed by atoms with Gasteiger partial charge < -0.3 is 15.4 Å². The second-order valence-electron chi connectivity index (χ2n) is 6.94. The van der Waals surface area contributed by atoms with E-state index in [9.17, 15) is 0 Å². The van der Waals surface area contributed by atoms with E-state index in [1.807, 2.05) is 61.5 Å². The van der Waals surface area contributed by atoms with E-state index >= 15 is 0 Å². The number of benzene rings is 2. The van der Waals surface area contributed by atoms with Gasteiger partial charge in [-0.2, -0.15) is 0 Å². The summed E-state index contributed by atoms with van der Waals surface area (Å²) in [4.78, 5) is 9.25. The summed E-state index contributed by atoms with van der Waals surface area (Å²) in [7, 11) is 0. The van der Waals surface area contributed by atoms with Gasteiger partial charge in [0, 0.05) is 22.3 Å². The normalized spacial score (nSPS) is 15.1. The zero-order valence-electron chi connectivity index (χ0n) is 15.5. The van der Waals surface area contributed by atoms with Crippen LogP contribution < -0.4 is 15.4 Å². The van der Waals surface area contributed by atoms with Crippen LogP contribution in [-0.4, -0.2) is 16.6 Å². The molecule has 2 aromatic carbocycles. The highest BCUT2D eigenvalue weighted by atomic mass is 16.5. The van der Waals surface area contributed by atoms with Crippen LogP contribution in [0.2, 0.25) is 0 Å². The van der Waals surface area contributed by atoms with Crippen LogP contribution >= 0.6 is 0 Å². The molecule has 0 radical (unpaired) electrons. The maximum atomic E-state index is 5.75. The van der Waals surface area contributed by atoms with Gasteiger partial charge in [-0.05, 0) is 55.5 Å². The Morgan fingerprint density at radius 2 is 1.82 bits per heavy atom. The summed E-state index contributed by atoms with van der Waals surface area (Å²) in [6.07, 6.45) is 0. The first-order valence-corrected chi connectivity index (χ1v) is 9.34. The third-order valence-electron chi connectivity index (χ3n) is 4.87. The quantitative estimate of drug-likeness (QED) is 0.517. The Kier molecular flexibility index (Phi) is 4.05. The molecule has 0 spiro atoms. The number of pyridine rings is 2. The number of para-hydroxylation sites is 1. The van der Waals surface area contributed by atoms with Gasteiger partial charge in [0.2, 0.25) is 0 Å². The minimum Gasteiger partial charge on any atom is -0.491 e. The third-order valence-corrected chi connectivity index (χ3v) is 4.87. The molecule has 2 aromatic heterocycles. The number of nitrogens with zero attached hydrogens (tertiary/aromatic N) is 2. The first-order valence-electron chi connectivity index (χ1n) is 9.34. The van der Waals surface area contributed by atoms with Gasteiger partial charge in [-0.1, -0.05) is 24.3 Å². The van der Waals surface area contributed by atoms with E-state index in [4.69, 9.17) is 9.72 Å². The molecule has 1 unspecified atom stereocenters. The number of rotatable bonds is 4. The molecule has 5 nitrogen and oxygen atoms in total. The van der Waals surface area contributed by atoms with Gasteiger partial charge in [-0.3, -0.25) is 0 Å². The number of hydrogen-bond acceptors (Lipinski definition) is 5. The standard InChI is InChI=1S/C23H20N4O/c1-15-5-4-8-22(24-15)25-17-10-11-19-16(13-17)9-12-23(26-19)27-20-14-28-21-7-3-2-6-18(20)21/h2-13,20H,14H2,1H3,(H,24,25)(H,26,27). The molecule has 0 aliphatic carbocycles. The first kappa shape index (κ1) is 16.6. The van der Waals surface area contributed by atoms with E-state index in [0.29, 0.717) is 6.61 Å². The summed E-state index contributed by atoms with van der Waals surface area (Å²) in [5, 5.41) is 7.91. The number of nitrogens with one attached hydrogen (secondary N) is 2. The van der Waals surface area contributed by atoms with E-state index in [0.717, 1.165) is 39.7 Å². The van der Waals surface area contributed by atoms with Gasteiger partial charge in [-0.25, -0.2) is 9.97 Å². The fraction of sp³-hybridized carbons (Fsp3) is 0.130. The predicted octanol–water partition coefficient (Wildman–Crippen LogP) is 5.23. The van der Waals surface area contributed by atoms with Crippen LogP contribution in [0.5, 0.6) is 5.75 Å². The summed E-state index contributed by atoms with van der Waals surface area (Å²) >= 11 is 0. The third kappa shape index (κ3) is 3.22. The Balaban J connectivity index is 1.37. The highest BCUT2D eigenvalue weighted by Gasteiger charge is 2.23. The summed E-state index contributed by atoms with van der Waals surface area (Å²) in [6, 6.07) is 24.4. The van der Waals surface area contributed by atoms with Crippen molar-refractivity contribution in [2.45, 2.75) is 13.0 Å². The topological polar surface area (TPSA) is 59.1 Å². The van der Waals surface area contributed by atoms with Crippen LogP contribution in [0.1, 0.15) is 17.3 Å². The van der Waals surface area contributed by atoms with Crippen molar-refractivity contribution in [1.29, 1.82) is 0 Å². The van der Waals surface area contributed by atoms with E-state index in [1.165, 1.54) is 5.56 Å². The lowest BCUT2D eigenvalue weighted by Crippen LogP contribution is -2.12. The van der Waals surface area contributed by atoms with E-state index in [1.54, 1.807) is 0 Å². The molecule has 1 atom stereocenters. The highest BCUT2D eigenvalue weighted by molar-refractivity contribution is 5.84. The molecule has 0 saturated carbocycles. The van der Waals surface area contributed by atoms with E-state index in [-0.39, 0.29) is 6.04 Å². The molecule has 2 N–H and O–H groups in total. The van der Waals surface area contributed by atoms with Crippen molar-refractivity contribution in [3.63, 3.8) is 0 Å². The minimum atomic E-state index is 0.120. The molecule has 4 aromatic rings. The smallest absolute Gasteiger partial charge is 0.130 e. The lowest BCUT2D eigenvalue weighted by Gasteiger charge is -2.13. The number of aryl methyl sites for hydroxylation is 1. The fourth-order valence-corrected chi connectivity index (χ4v) is 3.50. The molecule has 3 heterocycles. The Morgan fingerprint density at radius 1 is 0.893 bits per heavy atom. The summed E-state index contributed by atoms with van der Waals surface area (Å²) in [5.41, 5.74) is 4.10. The lowest BCUT2D eigenvalue weighted by atomic mass is 10.1. The SMILES string of the molecule is Cc1cccc(Nc2ccc3nc(NC4COc5ccccc54)ccc3c2)n1. The number of hydrogen-bond donors (Lipinski definition) is 2. The van der Waals surface area contributed by atoms with Crippen LogP contribution in [0.25, 0.3) is 10.9 Å². The second kappa shape index (κ2) is 6.85. The van der Waals surface area contributed by atoms with Crippen LogP contribution in [0.4, 0.5) is 17.3 Å². The molecule has 5 rings (SSSR count). The number of anilines is 3. The molecule has 5 heteroatoms. The Morgan fingerprint density at radius 3 is 2.75 bits per heavy atom. The van der Waals surface area contributed by atoms with E-state index in [2.05, 4.69) is 33.8 Å². The number of fused-ring (bicyclic) bond motifs is 2. The van der Waals surface area contributed by atoms with Crippen LogP contribution in [0, 0.1) is 6.92 Å². The molecule has 28 heavy (non-hydrogen) atoms. The molecule has 1 aliphatic rings. The Labute approximate surface area is 163 Å². The van der Waals surface area contributed by atoms with Crippen molar-refractivity contribution in [2.24, 2.45) is 0 Å².